The van der Waals surface area contributed by atoms with Gasteiger partial charge in [-0.05, 0) is 45.3 Å². The normalized spacial score (nSPS) is 10.4. The van der Waals surface area contributed by atoms with Crippen molar-refractivity contribution in [1.82, 2.24) is 0 Å². The third-order valence-corrected chi connectivity index (χ3v) is 3.84. The Bertz CT molecular complexity index is 528. The molecule has 2 aromatic rings. The number of benzene rings is 2. The molecule has 0 heterocycles. The van der Waals surface area contributed by atoms with Crippen LogP contribution >= 0.6 is 27.5 Å². The molecule has 94 valence electrons. The first-order valence-corrected chi connectivity index (χ1v) is 6.74. The Kier molecular flexibility index (Phi) is 4.64. The van der Waals surface area contributed by atoms with Gasteiger partial charge in [0.05, 0.1) is 11.6 Å². The summed E-state index contributed by atoms with van der Waals surface area (Å²) >= 11 is 9.32. The Labute approximate surface area is 120 Å². The lowest BCUT2D eigenvalue weighted by atomic mass is 10.1. The Balaban J connectivity index is 1.99. The molecule has 0 unspecified atom stereocenters. The monoisotopic (exact) mass is 325 g/mol. The van der Waals surface area contributed by atoms with Crippen LogP contribution in [0.5, 0.6) is 0 Å². The van der Waals surface area contributed by atoms with Crippen molar-refractivity contribution in [2.45, 2.75) is 13.2 Å². The highest BCUT2D eigenvalue weighted by atomic mass is 79.9. The van der Waals surface area contributed by atoms with Gasteiger partial charge in [0, 0.05) is 16.7 Å². The number of hydrogen-bond acceptors (Lipinski definition) is 2. The second-order valence-electron chi connectivity index (χ2n) is 3.96. The van der Waals surface area contributed by atoms with Gasteiger partial charge in [0.25, 0.3) is 0 Å². The quantitative estimate of drug-likeness (QED) is 0.882. The Morgan fingerprint density at radius 3 is 2.33 bits per heavy atom. The minimum atomic E-state index is 0.0812. The number of hydrogen-bond donors (Lipinski definition) is 2. The summed E-state index contributed by atoms with van der Waals surface area (Å²) in [5.74, 6) is 0. The van der Waals surface area contributed by atoms with E-state index < -0.39 is 0 Å². The summed E-state index contributed by atoms with van der Waals surface area (Å²) in [4.78, 5) is 0. The molecule has 0 aromatic heterocycles. The van der Waals surface area contributed by atoms with E-state index in [4.69, 9.17) is 16.7 Å². The van der Waals surface area contributed by atoms with Crippen molar-refractivity contribution in [3.05, 3.63) is 63.1 Å². The maximum absolute atomic E-state index is 8.96. The largest absolute Gasteiger partial charge is 0.392 e. The van der Waals surface area contributed by atoms with E-state index in [0.717, 1.165) is 22.3 Å². The van der Waals surface area contributed by atoms with Gasteiger partial charge in [0.15, 0.2) is 0 Å². The fourth-order valence-electron chi connectivity index (χ4n) is 1.57. The van der Waals surface area contributed by atoms with Gasteiger partial charge in [-0.1, -0.05) is 35.9 Å². The van der Waals surface area contributed by atoms with Crippen molar-refractivity contribution in [3.8, 4) is 0 Å². The van der Waals surface area contributed by atoms with E-state index in [1.807, 2.05) is 42.5 Å². The van der Waals surface area contributed by atoms with Crippen LogP contribution in [0, 0.1) is 0 Å². The molecule has 0 aliphatic rings. The summed E-state index contributed by atoms with van der Waals surface area (Å²) < 4.78 is 0.879. The number of aliphatic hydroxyl groups is 1. The molecular weight excluding hydrogens is 314 g/mol. The number of nitrogens with one attached hydrogen (secondary N) is 1. The summed E-state index contributed by atoms with van der Waals surface area (Å²) in [5, 5.41) is 13.0. The van der Waals surface area contributed by atoms with Crippen LogP contribution in [-0.2, 0) is 13.2 Å². The minimum absolute atomic E-state index is 0.0812. The molecule has 0 saturated carbocycles. The molecular formula is C14H13BrClNO. The molecule has 0 fully saturated rings. The molecule has 2 nitrogen and oxygen atoms in total. The Morgan fingerprint density at radius 2 is 1.72 bits per heavy atom. The lowest BCUT2D eigenvalue weighted by Crippen LogP contribution is -1.99. The van der Waals surface area contributed by atoms with Gasteiger partial charge in [-0.15, -0.1) is 0 Å². The smallest absolute Gasteiger partial charge is 0.0681 e. The van der Waals surface area contributed by atoms with Crippen molar-refractivity contribution in [2.75, 3.05) is 5.32 Å². The zero-order valence-corrected chi connectivity index (χ0v) is 12.0. The molecule has 2 N–H and O–H groups in total. The third-order valence-electron chi connectivity index (χ3n) is 2.62. The molecule has 0 saturated heterocycles. The van der Waals surface area contributed by atoms with Crippen molar-refractivity contribution >= 4 is 33.2 Å². The van der Waals surface area contributed by atoms with Gasteiger partial charge in [-0.3, -0.25) is 0 Å². The lowest BCUT2D eigenvalue weighted by molar-refractivity contribution is 0.282. The number of aliphatic hydroxyl groups excluding tert-OH is 1. The predicted molar refractivity (Wildman–Crippen MR) is 78.8 cm³/mol. The highest BCUT2D eigenvalue weighted by Crippen LogP contribution is 2.25. The van der Waals surface area contributed by atoms with Gasteiger partial charge in [0.2, 0.25) is 0 Å². The molecule has 18 heavy (non-hydrogen) atoms. The minimum Gasteiger partial charge on any atom is -0.392 e. The first-order valence-electron chi connectivity index (χ1n) is 5.56. The van der Waals surface area contributed by atoms with Crippen LogP contribution in [0.1, 0.15) is 11.1 Å². The summed E-state index contributed by atoms with van der Waals surface area (Å²) in [6.45, 7) is 0.817. The predicted octanol–water partition coefficient (Wildman–Crippen LogP) is 4.21. The lowest BCUT2D eigenvalue weighted by Gasteiger charge is -2.08. The maximum atomic E-state index is 8.96. The van der Waals surface area contributed by atoms with E-state index in [1.165, 1.54) is 5.56 Å². The van der Waals surface area contributed by atoms with E-state index in [9.17, 15) is 0 Å². The van der Waals surface area contributed by atoms with Crippen LogP contribution in [0.2, 0.25) is 5.02 Å². The zero-order chi connectivity index (χ0) is 13.0. The van der Waals surface area contributed by atoms with Crippen LogP contribution in [-0.4, -0.2) is 5.11 Å². The molecule has 0 bridgehead atoms. The molecule has 0 atom stereocenters. The molecule has 0 aliphatic carbocycles. The first-order chi connectivity index (χ1) is 8.69. The van der Waals surface area contributed by atoms with Crippen LogP contribution in [0.3, 0.4) is 0 Å². The van der Waals surface area contributed by atoms with E-state index >= 15 is 0 Å². The van der Waals surface area contributed by atoms with Gasteiger partial charge < -0.3 is 10.4 Å². The molecule has 4 heteroatoms. The fraction of sp³-hybridized carbons (Fsp3) is 0.143. The van der Waals surface area contributed by atoms with E-state index in [1.54, 1.807) is 0 Å². The number of rotatable bonds is 4. The van der Waals surface area contributed by atoms with Gasteiger partial charge in [0.1, 0.15) is 0 Å². The number of halogens is 2. The van der Waals surface area contributed by atoms with Crippen LogP contribution < -0.4 is 5.32 Å². The molecule has 0 spiro atoms. The summed E-state index contributed by atoms with van der Waals surface area (Å²) in [6, 6.07) is 13.6. The molecule has 0 amide bonds. The Morgan fingerprint density at radius 1 is 1.06 bits per heavy atom. The van der Waals surface area contributed by atoms with E-state index in [0.29, 0.717) is 5.02 Å². The average Bonchev–Trinajstić information content (AvgIpc) is 2.41. The van der Waals surface area contributed by atoms with Gasteiger partial charge in [-0.2, -0.15) is 0 Å². The maximum Gasteiger partial charge on any atom is 0.0681 e. The third kappa shape index (κ3) is 3.48. The van der Waals surface area contributed by atoms with Gasteiger partial charge in [-0.25, -0.2) is 0 Å². The summed E-state index contributed by atoms with van der Waals surface area (Å²) in [6.07, 6.45) is 0. The second-order valence-corrected chi connectivity index (χ2v) is 5.22. The SMILES string of the molecule is OCc1ccc(CNc2ccc(Cl)c(Br)c2)cc1. The van der Waals surface area contributed by atoms with Crippen molar-refractivity contribution < 1.29 is 5.11 Å². The van der Waals surface area contributed by atoms with E-state index in [2.05, 4.69) is 21.2 Å². The average molecular weight is 327 g/mol. The zero-order valence-electron chi connectivity index (χ0n) is 9.66. The Hall–Kier alpha value is -1.03. The number of anilines is 1. The highest BCUT2D eigenvalue weighted by molar-refractivity contribution is 9.10. The second kappa shape index (κ2) is 6.23. The molecule has 0 aliphatic heterocycles. The summed E-state index contributed by atoms with van der Waals surface area (Å²) in [5.41, 5.74) is 3.10. The van der Waals surface area contributed by atoms with Crippen molar-refractivity contribution in [3.63, 3.8) is 0 Å². The topological polar surface area (TPSA) is 32.3 Å². The van der Waals surface area contributed by atoms with Crippen molar-refractivity contribution in [2.24, 2.45) is 0 Å². The van der Waals surface area contributed by atoms with Crippen LogP contribution in [0.25, 0.3) is 0 Å². The first kappa shape index (κ1) is 13.4. The molecule has 0 radical (unpaired) electrons. The fourth-order valence-corrected chi connectivity index (χ4v) is 2.07. The van der Waals surface area contributed by atoms with E-state index in [-0.39, 0.29) is 6.61 Å². The van der Waals surface area contributed by atoms with Crippen LogP contribution in [0.15, 0.2) is 46.9 Å². The van der Waals surface area contributed by atoms with Crippen molar-refractivity contribution in [1.29, 1.82) is 0 Å². The van der Waals surface area contributed by atoms with Gasteiger partial charge >= 0.3 is 0 Å². The molecule has 2 rings (SSSR count). The van der Waals surface area contributed by atoms with Crippen LogP contribution in [0.4, 0.5) is 5.69 Å². The standard InChI is InChI=1S/C14H13BrClNO/c15-13-7-12(5-6-14(13)16)17-8-10-1-3-11(9-18)4-2-10/h1-7,17-18H,8-9H2. The summed E-state index contributed by atoms with van der Waals surface area (Å²) in [7, 11) is 0. The molecule has 2 aromatic carbocycles. The highest BCUT2D eigenvalue weighted by Gasteiger charge is 1.99.